The summed E-state index contributed by atoms with van der Waals surface area (Å²) < 4.78 is 46.7. The maximum Gasteiger partial charge on any atom is 0.426 e. The SMILES string of the molecule is CCCCC1CCCO[C@@](C(=O)NCc2ccccn2)(C(F)(F)F)C1. The molecule has 0 saturated carbocycles. The van der Waals surface area contributed by atoms with Crippen LogP contribution in [0.2, 0.25) is 0 Å². The highest BCUT2D eigenvalue weighted by atomic mass is 19.4. The Morgan fingerprint density at radius 2 is 2.24 bits per heavy atom. The number of halogens is 3. The smallest absolute Gasteiger partial charge is 0.357 e. The molecule has 0 bridgehead atoms. The number of aromatic nitrogens is 1. The zero-order valence-corrected chi connectivity index (χ0v) is 14.4. The van der Waals surface area contributed by atoms with Gasteiger partial charge in [0.25, 0.3) is 5.91 Å². The lowest BCUT2D eigenvalue weighted by molar-refractivity contribution is -0.269. The zero-order chi connectivity index (χ0) is 18.3. The van der Waals surface area contributed by atoms with E-state index < -0.39 is 17.7 Å². The summed E-state index contributed by atoms with van der Waals surface area (Å²) in [6.07, 6.45) is 0.122. The zero-order valence-electron chi connectivity index (χ0n) is 14.4. The molecule has 1 aliphatic heterocycles. The van der Waals surface area contributed by atoms with Crippen LogP contribution in [0.3, 0.4) is 0 Å². The highest BCUT2D eigenvalue weighted by Crippen LogP contribution is 2.43. The van der Waals surface area contributed by atoms with Crippen molar-refractivity contribution in [1.29, 1.82) is 0 Å². The number of nitrogens with zero attached hydrogens (tertiary/aromatic N) is 1. The van der Waals surface area contributed by atoms with Crippen LogP contribution in [0, 0.1) is 5.92 Å². The molecule has 1 amide bonds. The Labute approximate surface area is 146 Å². The fourth-order valence-electron chi connectivity index (χ4n) is 3.23. The monoisotopic (exact) mass is 358 g/mol. The fraction of sp³-hybridized carbons (Fsp3) is 0.667. The number of ether oxygens (including phenoxy) is 1. The third-order valence-corrected chi connectivity index (χ3v) is 4.63. The molecule has 140 valence electrons. The summed E-state index contributed by atoms with van der Waals surface area (Å²) in [6, 6.07) is 5.07. The molecular formula is C18H25F3N2O2. The minimum absolute atomic E-state index is 0.0551. The Hall–Kier alpha value is -1.63. The molecular weight excluding hydrogens is 333 g/mol. The van der Waals surface area contributed by atoms with Gasteiger partial charge in [0.1, 0.15) is 0 Å². The Morgan fingerprint density at radius 3 is 2.88 bits per heavy atom. The van der Waals surface area contributed by atoms with Gasteiger partial charge in [-0.05, 0) is 37.3 Å². The Balaban J connectivity index is 2.16. The van der Waals surface area contributed by atoms with Gasteiger partial charge in [0.2, 0.25) is 5.60 Å². The van der Waals surface area contributed by atoms with E-state index in [0.717, 1.165) is 12.8 Å². The lowest BCUT2D eigenvalue weighted by atomic mass is 9.84. The molecule has 1 N–H and O–H groups in total. The van der Waals surface area contributed by atoms with Crippen LogP contribution in [-0.4, -0.2) is 29.3 Å². The molecule has 0 radical (unpaired) electrons. The first-order valence-corrected chi connectivity index (χ1v) is 8.78. The van der Waals surface area contributed by atoms with Gasteiger partial charge in [-0.15, -0.1) is 0 Å². The number of rotatable bonds is 6. The van der Waals surface area contributed by atoms with Gasteiger partial charge in [0.05, 0.1) is 12.2 Å². The van der Waals surface area contributed by atoms with E-state index in [9.17, 15) is 18.0 Å². The largest absolute Gasteiger partial charge is 0.426 e. The van der Waals surface area contributed by atoms with E-state index in [1.807, 2.05) is 6.92 Å². The van der Waals surface area contributed by atoms with Gasteiger partial charge in [-0.3, -0.25) is 9.78 Å². The average molecular weight is 358 g/mol. The standard InChI is InChI=1S/C18H25F3N2O2/c1-2-3-7-14-8-6-11-25-17(12-14,18(19,20)21)16(24)23-13-15-9-4-5-10-22-15/h4-5,9-10,14H,2-3,6-8,11-13H2,1H3,(H,23,24)/t14?,17-/m0/s1. The molecule has 2 heterocycles. The number of nitrogens with one attached hydrogen (secondary N) is 1. The lowest BCUT2D eigenvalue weighted by Gasteiger charge is -2.34. The van der Waals surface area contributed by atoms with Crippen LogP contribution < -0.4 is 5.32 Å². The van der Waals surface area contributed by atoms with Crippen molar-refractivity contribution in [2.45, 2.75) is 63.8 Å². The summed E-state index contributed by atoms with van der Waals surface area (Å²) in [6.45, 7) is 1.89. The van der Waals surface area contributed by atoms with Crippen molar-refractivity contribution in [3.63, 3.8) is 0 Å². The van der Waals surface area contributed by atoms with E-state index in [-0.39, 0.29) is 25.5 Å². The number of carbonyl (C=O) groups excluding carboxylic acids is 1. The first kappa shape index (κ1) is 19.7. The van der Waals surface area contributed by atoms with Crippen LogP contribution in [0.4, 0.5) is 13.2 Å². The molecule has 1 aliphatic rings. The molecule has 4 nitrogen and oxygen atoms in total. The van der Waals surface area contributed by atoms with Gasteiger partial charge >= 0.3 is 6.18 Å². The Kier molecular flexibility index (Phi) is 6.81. The third kappa shape index (κ3) is 4.93. The number of carbonyl (C=O) groups is 1. The highest BCUT2D eigenvalue weighted by molar-refractivity contribution is 5.86. The molecule has 7 heteroatoms. The second-order valence-corrected chi connectivity index (χ2v) is 6.53. The van der Waals surface area contributed by atoms with E-state index in [2.05, 4.69) is 10.3 Å². The van der Waals surface area contributed by atoms with Crippen LogP contribution in [0.15, 0.2) is 24.4 Å². The fourth-order valence-corrected chi connectivity index (χ4v) is 3.23. The lowest BCUT2D eigenvalue weighted by Crippen LogP contribution is -2.59. The van der Waals surface area contributed by atoms with Crippen LogP contribution in [0.5, 0.6) is 0 Å². The van der Waals surface area contributed by atoms with Crippen LogP contribution in [0.1, 0.15) is 51.1 Å². The van der Waals surface area contributed by atoms with Gasteiger partial charge in [-0.25, -0.2) is 0 Å². The van der Waals surface area contributed by atoms with Gasteiger partial charge in [0, 0.05) is 12.8 Å². The van der Waals surface area contributed by atoms with Crippen LogP contribution in [-0.2, 0) is 16.1 Å². The first-order chi connectivity index (χ1) is 11.9. The third-order valence-electron chi connectivity index (χ3n) is 4.63. The average Bonchev–Trinajstić information content (AvgIpc) is 2.82. The van der Waals surface area contributed by atoms with E-state index in [1.54, 1.807) is 18.2 Å². The van der Waals surface area contributed by atoms with Gasteiger partial charge in [-0.2, -0.15) is 13.2 Å². The molecule has 2 atom stereocenters. The minimum atomic E-state index is -4.75. The molecule has 1 saturated heterocycles. The second-order valence-electron chi connectivity index (χ2n) is 6.53. The van der Waals surface area contributed by atoms with Crippen molar-refractivity contribution in [2.24, 2.45) is 5.92 Å². The summed E-state index contributed by atoms with van der Waals surface area (Å²) in [7, 11) is 0. The van der Waals surface area contributed by atoms with E-state index in [1.165, 1.54) is 6.20 Å². The molecule has 25 heavy (non-hydrogen) atoms. The first-order valence-electron chi connectivity index (χ1n) is 8.78. The predicted molar refractivity (Wildman–Crippen MR) is 87.7 cm³/mol. The Bertz CT molecular complexity index is 551. The van der Waals surface area contributed by atoms with Crippen molar-refractivity contribution >= 4 is 5.91 Å². The molecule has 0 aliphatic carbocycles. The van der Waals surface area contributed by atoms with Gasteiger partial charge < -0.3 is 10.1 Å². The quantitative estimate of drug-likeness (QED) is 0.836. The predicted octanol–water partition coefficient (Wildman–Crippen LogP) is 4.01. The highest BCUT2D eigenvalue weighted by Gasteiger charge is 2.62. The summed E-state index contributed by atoms with van der Waals surface area (Å²) >= 11 is 0. The van der Waals surface area contributed by atoms with Crippen LogP contribution >= 0.6 is 0 Å². The molecule has 1 unspecified atom stereocenters. The number of hydrogen-bond donors (Lipinski definition) is 1. The Morgan fingerprint density at radius 1 is 1.44 bits per heavy atom. The maximum absolute atomic E-state index is 13.8. The molecule has 1 aromatic heterocycles. The van der Waals surface area contributed by atoms with Crippen molar-refractivity contribution in [1.82, 2.24) is 10.3 Å². The molecule has 1 fully saturated rings. The number of alkyl halides is 3. The molecule has 1 aromatic rings. The van der Waals surface area contributed by atoms with E-state index in [4.69, 9.17) is 4.74 Å². The molecule has 0 aromatic carbocycles. The number of pyridine rings is 1. The van der Waals surface area contributed by atoms with Gasteiger partial charge in [-0.1, -0.05) is 32.3 Å². The number of hydrogen-bond acceptors (Lipinski definition) is 3. The minimum Gasteiger partial charge on any atom is -0.357 e. The number of amides is 1. The van der Waals surface area contributed by atoms with Gasteiger partial charge in [0.15, 0.2) is 0 Å². The van der Waals surface area contributed by atoms with E-state index in [0.29, 0.717) is 25.0 Å². The van der Waals surface area contributed by atoms with Crippen LogP contribution in [0.25, 0.3) is 0 Å². The molecule has 0 spiro atoms. The molecule has 2 rings (SSSR count). The summed E-state index contributed by atoms with van der Waals surface area (Å²) in [4.78, 5) is 16.5. The topological polar surface area (TPSA) is 51.2 Å². The van der Waals surface area contributed by atoms with E-state index >= 15 is 0 Å². The summed E-state index contributed by atoms with van der Waals surface area (Å²) in [5.41, 5.74) is -2.26. The number of unbranched alkanes of at least 4 members (excludes halogenated alkanes) is 1. The van der Waals surface area contributed by atoms with Crippen molar-refractivity contribution in [2.75, 3.05) is 6.61 Å². The van der Waals surface area contributed by atoms with Crippen molar-refractivity contribution in [3.8, 4) is 0 Å². The normalized spacial score (nSPS) is 24.6. The maximum atomic E-state index is 13.8. The summed E-state index contributed by atoms with van der Waals surface area (Å²) in [5.74, 6) is -1.28. The second kappa shape index (κ2) is 8.65. The summed E-state index contributed by atoms with van der Waals surface area (Å²) in [5, 5.41) is 2.37. The van der Waals surface area contributed by atoms with Crippen molar-refractivity contribution in [3.05, 3.63) is 30.1 Å². The van der Waals surface area contributed by atoms with Crippen molar-refractivity contribution < 1.29 is 22.7 Å².